The van der Waals surface area contributed by atoms with Gasteiger partial charge < -0.3 is 20.1 Å². The monoisotopic (exact) mass is 242 g/mol. The Balaban J connectivity index is 1.75. The first-order chi connectivity index (χ1) is 8.16. The zero-order valence-corrected chi connectivity index (χ0v) is 9.72. The third-order valence-electron chi connectivity index (χ3n) is 3.41. The highest BCUT2D eigenvalue weighted by Gasteiger charge is 2.28. The van der Waals surface area contributed by atoms with Crippen LogP contribution in [0.2, 0.25) is 0 Å². The summed E-state index contributed by atoms with van der Waals surface area (Å²) in [5.41, 5.74) is 0. The van der Waals surface area contributed by atoms with Gasteiger partial charge in [-0.1, -0.05) is 0 Å². The average Bonchev–Trinajstić information content (AvgIpc) is 2.82. The van der Waals surface area contributed by atoms with Gasteiger partial charge in [-0.3, -0.25) is 4.79 Å². The molecule has 2 aliphatic heterocycles. The van der Waals surface area contributed by atoms with E-state index in [0.717, 1.165) is 6.42 Å². The molecule has 2 heterocycles. The first-order valence-electron chi connectivity index (χ1n) is 6.03. The molecule has 0 aromatic heterocycles. The van der Waals surface area contributed by atoms with Crippen molar-refractivity contribution in [1.82, 2.24) is 10.2 Å². The van der Waals surface area contributed by atoms with E-state index in [4.69, 9.17) is 9.84 Å². The van der Waals surface area contributed by atoms with Crippen molar-refractivity contribution >= 4 is 12.0 Å². The van der Waals surface area contributed by atoms with Crippen molar-refractivity contribution in [2.45, 2.75) is 25.3 Å². The highest BCUT2D eigenvalue weighted by Crippen LogP contribution is 2.18. The number of hydrogen-bond donors (Lipinski definition) is 2. The standard InChI is InChI=1S/C11H18N2O4/c14-10(12-9-3-6-17-7-9)8-1-4-13(5-2-8)11(15)16/h8-9H,1-7H2,(H,12,14)(H,15,16). The van der Waals surface area contributed by atoms with Gasteiger partial charge in [-0.05, 0) is 19.3 Å². The maximum atomic E-state index is 11.9. The molecule has 2 amide bonds. The molecule has 0 aromatic carbocycles. The van der Waals surface area contributed by atoms with Crippen molar-refractivity contribution in [2.24, 2.45) is 5.92 Å². The van der Waals surface area contributed by atoms with Crippen LogP contribution in [-0.4, -0.2) is 54.4 Å². The molecule has 0 bridgehead atoms. The SMILES string of the molecule is O=C(NC1CCOC1)C1CCN(C(=O)O)CC1. The van der Waals surface area contributed by atoms with Gasteiger partial charge in [-0.15, -0.1) is 0 Å². The summed E-state index contributed by atoms with van der Waals surface area (Å²) in [4.78, 5) is 24.0. The third-order valence-corrected chi connectivity index (χ3v) is 3.41. The van der Waals surface area contributed by atoms with Crippen LogP contribution in [0.1, 0.15) is 19.3 Å². The molecule has 6 nitrogen and oxygen atoms in total. The molecule has 0 radical (unpaired) electrons. The van der Waals surface area contributed by atoms with Crippen LogP contribution in [0.4, 0.5) is 4.79 Å². The molecule has 17 heavy (non-hydrogen) atoms. The Morgan fingerprint density at radius 2 is 1.94 bits per heavy atom. The van der Waals surface area contributed by atoms with Gasteiger partial charge in [-0.25, -0.2) is 4.79 Å². The number of carbonyl (C=O) groups is 2. The van der Waals surface area contributed by atoms with E-state index in [9.17, 15) is 9.59 Å². The van der Waals surface area contributed by atoms with Gasteiger partial charge in [0, 0.05) is 25.6 Å². The summed E-state index contributed by atoms with van der Waals surface area (Å²) in [6.07, 6.45) is 1.21. The van der Waals surface area contributed by atoms with Crippen LogP contribution in [0.5, 0.6) is 0 Å². The van der Waals surface area contributed by atoms with Crippen molar-refractivity contribution in [1.29, 1.82) is 0 Å². The summed E-state index contributed by atoms with van der Waals surface area (Å²) in [7, 11) is 0. The molecular formula is C11H18N2O4. The van der Waals surface area contributed by atoms with Crippen LogP contribution in [0, 0.1) is 5.92 Å². The first kappa shape index (κ1) is 12.2. The minimum Gasteiger partial charge on any atom is -0.465 e. The van der Waals surface area contributed by atoms with Crippen molar-refractivity contribution in [3.05, 3.63) is 0 Å². The Labute approximate surface area is 99.9 Å². The number of carboxylic acid groups (broad SMARTS) is 1. The topological polar surface area (TPSA) is 78.9 Å². The van der Waals surface area contributed by atoms with E-state index in [0.29, 0.717) is 39.1 Å². The molecule has 6 heteroatoms. The Kier molecular flexibility index (Phi) is 3.83. The van der Waals surface area contributed by atoms with Crippen molar-refractivity contribution < 1.29 is 19.4 Å². The predicted octanol–water partition coefficient (Wildman–Crippen LogP) is 0.281. The number of carbonyl (C=O) groups excluding carboxylic acids is 1. The van der Waals surface area contributed by atoms with E-state index in [1.807, 2.05) is 0 Å². The molecule has 0 spiro atoms. The number of ether oxygens (including phenoxy) is 1. The second-order valence-electron chi connectivity index (χ2n) is 4.61. The van der Waals surface area contributed by atoms with Crippen molar-refractivity contribution in [3.63, 3.8) is 0 Å². The quantitative estimate of drug-likeness (QED) is 0.729. The van der Waals surface area contributed by atoms with E-state index < -0.39 is 6.09 Å². The lowest BCUT2D eigenvalue weighted by molar-refractivity contribution is -0.127. The van der Waals surface area contributed by atoms with E-state index in [2.05, 4.69) is 5.32 Å². The van der Waals surface area contributed by atoms with E-state index in [1.165, 1.54) is 4.90 Å². The molecule has 0 aromatic rings. The van der Waals surface area contributed by atoms with E-state index >= 15 is 0 Å². The lowest BCUT2D eigenvalue weighted by Crippen LogP contribution is -2.45. The zero-order valence-electron chi connectivity index (χ0n) is 9.72. The Hall–Kier alpha value is -1.30. The molecular weight excluding hydrogens is 224 g/mol. The van der Waals surface area contributed by atoms with Gasteiger partial charge in [0.2, 0.25) is 5.91 Å². The number of piperidine rings is 1. The second-order valence-corrected chi connectivity index (χ2v) is 4.61. The van der Waals surface area contributed by atoms with Crippen molar-refractivity contribution in [3.8, 4) is 0 Å². The van der Waals surface area contributed by atoms with Crippen LogP contribution < -0.4 is 5.32 Å². The summed E-state index contributed by atoms with van der Waals surface area (Å²) < 4.78 is 5.19. The van der Waals surface area contributed by atoms with Gasteiger partial charge in [0.15, 0.2) is 0 Å². The molecule has 2 fully saturated rings. The normalized spacial score (nSPS) is 25.9. The van der Waals surface area contributed by atoms with Crippen LogP contribution in [-0.2, 0) is 9.53 Å². The van der Waals surface area contributed by atoms with Crippen LogP contribution in [0.25, 0.3) is 0 Å². The number of hydrogen-bond acceptors (Lipinski definition) is 3. The maximum absolute atomic E-state index is 11.9. The minimum absolute atomic E-state index is 0.0468. The van der Waals surface area contributed by atoms with Gasteiger partial charge in [0.1, 0.15) is 0 Å². The molecule has 0 saturated carbocycles. The fourth-order valence-corrected chi connectivity index (χ4v) is 2.30. The van der Waals surface area contributed by atoms with Gasteiger partial charge in [-0.2, -0.15) is 0 Å². The molecule has 2 rings (SSSR count). The number of rotatable bonds is 2. The highest BCUT2D eigenvalue weighted by molar-refractivity contribution is 5.79. The lowest BCUT2D eigenvalue weighted by atomic mass is 9.96. The first-order valence-corrected chi connectivity index (χ1v) is 6.03. The highest BCUT2D eigenvalue weighted by atomic mass is 16.5. The smallest absolute Gasteiger partial charge is 0.407 e. The van der Waals surface area contributed by atoms with Crippen LogP contribution in [0.3, 0.4) is 0 Å². The van der Waals surface area contributed by atoms with E-state index in [1.54, 1.807) is 0 Å². The zero-order chi connectivity index (χ0) is 12.3. The average molecular weight is 242 g/mol. The van der Waals surface area contributed by atoms with Gasteiger partial charge in [0.05, 0.1) is 12.6 Å². The van der Waals surface area contributed by atoms with Crippen molar-refractivity contribution in [2.75, 3.05) is 26.3 Å². The third kappa shape index (κ3) is 3.09. The minimum atomic E-state index is -0.895. The lowest BCUT2D eigenvalue weighted by Gasteiger charge is -2.29. The summed E-state index contributed by atoms with van der Waals surface area (Å²) >= 11 is 0. The second kappa shape index (κ2) is 5.35. The number of likely N-dealkylation sites (tertiary alicyclic amines) is 1. The molecule has 2 N–H and O–H groups in total. The number of amides is 2. The Morgan fingerprint density at radius 3 is 2.47 bits per heavy atom. The largest absolute Gasteiger partial charge is 0.465 e. The van der Waals surface area contributed by atoms with Crippen LogP contribution >= 0.6 is 0 Å². The van der Waals surface area contributed by atoms with E-state index in [-0.39, 0.29) is 17.9 Å². The Bertz CT molecular complexity index is 294. The number of nitrogens with one attached hydrogen (secondary N) is 1. The molecule has 2 saturated heterocycles. The summed E-state index contributed by atoms with van der Waals surface area (Å²) in [6.45, 7) is 2.21. The van der Waals surface area contributed by atoms with Crippen LogP contribution in [0.15, 0.2) is 0 Å². The molecule has 96 valence electrons. The molecule has 1 unspecified atom stereocenters. The fraction of sp³-hybridized carbons (Fsp3) is 0.818. The Morgan fingerprint density at radius 1 is 1.24 bits per heavy atom. The predicted molar refractivity (Wildman–Crippen MR) is 59.7 cm³/mol. The number of nitrogens with zero attached hydrogens (tertiary/aromatic N) is 1. The molecule has 2 aliphatic rings. The van der Waals surface area contributed by atoms with Gasteiger partial charge in [0.25, 0.3) is 0 Å². The summed E-state index contributed by atoms with van der Waals surface area (Å²) in [6, 6.07) is 0.139. The maximum Gasteiger partial charge on any atom is 0.407 e. The summed E-state index contributed by atoms with van der Waals surface area (Å²) in [5, 5.41) is 11.8. The molecule has 0 aliphatic carbocycles. The summed E-state index contributed by atoms with van der Waals surface area (Å²) in [5.74, 6) is -0.00302. The van der Waals surface area contributed by atoms with Gasteiger partial charge >= 0.3 is 6.09 Å². The molecule has 1 atom stereocenters. The fourth-order valence-electron chi connectivity index (χ4n) is 2.30.